The Bertz CT molecular complexity index is 660. The van der Waals surface area contributed by atoms with Crippen LogP contribution in [-0.4, -0.2) is 37.0 Å². The van der Waals surface area contributed by atoms with Crippen molar-refractivity contribution in [3.05, 3.63) is 29.3 Å². The van der Waals surface area contributed by atoms with E-state index >= 15 is 0 Å². The Morgan fingerprint density at radius 3 is 2.36 bits per heavy atom. The number of amides is 2. The molecule has 0 aliphatic heterocycles. The molecule has 0 aliphatic rings. The molecule has 0 spiro atoms. The average molecular weight is 361 g/mol. The third-order valence-corrected chi connectivity index (χ3v) is 2.83. The lowest BCUT2D eigenvalue weighted by atomic mass is 10.1. The minimum Gasteiger partial charge on any atom is -0.452 e. The summed E-state index contributed by atoms with van der Waals surface area (Å²) in [5.41, 5.74) is 3.70. The molecule has 0 unspecified atom stereocenters. The Balaban J connectivity index is 2.54. The topological polar surface area (TPSA) is 111 Å². The van der Waals surface area contributed by atoms with Gasteiger partial charge in [-0.25, -0.2) is 4.79 Å². The van der Waals surface area contributed by atoms with Crippen LogP contribution in [0.15, 0.2) is 18.2 Å². The van der Waals surface area contributed by atoms with Gasteiger partial charge in [0.1, 0.15) is 0 Å². The van der Waals surface area contributed by atoms with Gasteiger partial charge in [0.25, 0.3) is 5.91 Å². The summed E-state index contributed by atoms with van der Waals surface area (Å²) in [4.78, 5) is 34.6. The van der Waals surface area contributed by atoms with Crippen LogP contribution < -0.4 is 16.4 Å². The highest BCUT2D eigenvalue weighted by atomic mass is 19.4. The number of esters is 1. The second-order valence-corrected chi connectivity index (χ2v) is 5.37. The molecule has 0 heterocycles. The van der Waals surface area contributed by atoms with Crippen LogP contribution in [0.1, 0.15) is 29.8 Å². The zero-order valence-corrected chi connectivity index (χ0v) is 13.6. The Morgan fingerprint density at radius 1 is 1.20 bits per heavy atom. The molecule has 1 aromatic carbocycles. The smallest absolute Gasteiger partial charge is 0.416 e. The van der Waals surface area contributed by atoms with Gasteiger partial charge in [0.15, 0.2) is 6.61 Å². The molecule has 0 aliphatic carbocycles. The lowest BCUT2D eigenvalue weighted by Gasteiger charge is -2.11. The maximum Gasteiger partial charge on any atom is 0.416 e. The Hall–Kier alpha value is -2.78. The van der Waals surface area contributed by atoms with E-state index in [2.05, 4.69) is 15.4 Å². The molecule has 0 saturated carbocycles. The number of carbonyl (C=O) groups excluding carboxylic acids is 3. The van der Waals surface area contributed by atoms with Crippen molar-refractivity contribution >= 4 is 23.5 Å². The molecule has 1 aromatic rings. The Labute approximate surface area is 141 Å². The SMILES string of the molecule is CC(C)NC(=O)CNC(=O)COC(=O)c1ccc(C(F)(F)F)cc1N. The largest absolute Gasteiger partial charge is 0.452 e. The van der Waals surface area contributed by atoms with Crippen molar-refractivity contribution in [1.82, 2.24) is 10.6 Å². The Kier molecular flexibility index (Phi) is 6.77. The molecule has 138 valence electrons. The van der Waals surface area contributed by atoms with Crippen molar-refractivity contribution in [1.29, 1.82) is 0 Å². The summed E-state index contributed by atoms with van der Waals surface area (Å²) >= 11 is 0. The summed E-state index contributed by atoms with van der Waals surface area (Å²) in [5.74, 6) is -2.20. The fraction of sp³-hybridized carbons (Fsp3) is 0.400. The van der Waals surface area contributed by atoms with E-state index in [1.807, 2.05) is 0 Å². The predicted molar refractivity (Wildman–Crippen MR) is 82.4 cm³/mol. The second-order valence-electron chi connectivity index (χ2n) is 5.37. The molecular weight excluding hydrogens is 343 g/mol. The van der Waals surface area contributed by atoms with Crippen LogP contribution in [0.2, 0.25) is 0 Å². The van der Waals surface area contributed by atoms with Gasteiger partial charge < -0.3 is 21.1 Å². The van der Waals surface area contributed by atoms with Gasteiger partial charge in [0, 0.05) is 11.7 Å². The van der Waals surface area contributed by atoms with Gasteiger partial charge >= 0.3 is 12.1 Å². The van der Waals surface area contributed by atoms with Crippen molar-refractivity contribution in [3.63, 3.8) is 0 Å². The monoisotopic (exact) mass is 361 g/mol. The van der Waals surface area contributed by atoms with Crippen molar-refractivity contribution in [2.45, 2.75) is 26.1 Å². The van der Waals surface area contributed by atoms with Gasteiger partial charge in [-0.05, 0) is 32.0 Å². The first-order valence-electron chi connectivity index (χ1n) is 7.20. The van der Waals surface area contributed by atoms with Crippen molar-refractivity contribution in [2.75, 3.05) is 18.9 Å². The minimum atomic E-state index is -4.59. The first-order valence-corrected chi connectivity index (χ1v) is 7.20. The first kappa shape index (κ1) is 20.3. The summed E-state index contributed by atoms with van der Waals surface area (Å²) in [6.45, 7) is 2.50. The molecule has 0 fully saturated rings. The van der Waals surface area contributed by atoms with Crippen LogP contribution in [0.3, 0.4) is 0 Å². The number of hydrogen-bond acceptors (Lipinski definition) is 5. The quantitative estimate of drug-likeness (QED) is 0.519. The fourth-order valence-corrected chi connectivity index (χ4v) is 1.74. The number of ether oxygens (including phenoxy) is 1. The third kappa shape index (κ3) is 6.69. The third-order valence-electron chi connectivity index (χ3n) is 2.83. The van der Waals surface area contributed by atoms with E-state index < -0.39 is 41.8 Å². The highest BCUT2D eigenvalue weighted by Crippen LogP contribution is 2.31. The van der Waals surface area contributed by atoms with E-state index in [-0.39, 0.29) is 18.2 Å². The number of hydrogen-bond donors (Lipinski definition) is 3. The van der Waals surface area contributed by atoms with Crippen LogP contribution >= 0.6 is 0 Å². The molecule has 0 aromatic heterocycles. The Morgan fingerprint density at radius 2 is 1.84 bits per heavy atom. The van der Waals surface area contributed by atoms with Gasteiger partial charge in [-0.15, -0.1) is 0 Å². The number of anilines is 1. The molecule has 0 atom stereocenters. The fourth-order valence-electron chi connectivity index (χ4n) is 1.74. The van der Waals surface area contributed by atoms with Gasteiger partial charge in [-0.3, -0.25) is 9.59 Å². The van der Waals surface area contributed by atoms with E-state index in [0.29, 0.717) is 12.1 Å². The maximum atomic E-state index is 12.5. The van der Waals surface area contributed by atoms with Gasteiger partial charge in [-0.1, -0.05) is 0 Å². The first-order chi connectivity index (χ1) is 11.5. The summed E-state index contributed by atoms with van der Waals surface area (Å²) in [6, 6.07) is 2.06. The van der Waals surface area contributed by atoms with Crippen LogP contribution in [0.25, 0.3) is 0 Å². The summed E-state index contributed by atoms with van der Waals surface area (Å²) in [7, 11) is 0. The summed E-state index contributed by atoms with van der Waals surface area (Å²) < 4.78 is 42.2. The molecule has 7 nitrogen and oxygen atoms in total. The number of halogens is 3. The zero-order valence-electron chi connectivity index (χ0n) is 13.6. The van der Waals surface area contributed by atoms with Crippen LogP contribution in [0.4, 0.5) is 18.9 Å². The number of alkyl halides is 3. The molecule has 0 bridgehead atoms. The lowest BCUT2D eigenvalue weighted by Crippen LogP contribution is -2.41. The lowest BCUT2D eigenvalue weighted by molar-refractivity contribution is -0.137. The van der Waals surface area contributed by atoms with E-state index in [4.69, 9.17) is 5.73 Å². The molecule has 0 saturated heterocycles. The number of nitrogens with one attached hydrogen (secondary N) is 2. The van der Waals surface area contributed by atoms with E-state index in [1.54, 1.807) is 13.8 Å². The van der Waals surface area contributed by atoms with E-state index in [1.165, 1.54) is 0 Å². The van der Waals surface area contributed by atoms with Crippen molar-refractivity contribution in [2.24, 2.45) is 0 Å². The molecule has 10 heteroatoms. The molecule has 1 rings (SSSR count). The normalized spacial score (nSPS) is 11.1. The van der Waals surface area contributed by atoms with Crippen LogP contribution in [-0.2, 0) is 20.5 Å². The summed E-state index contributed by atoms with van der Waals surface area (Å²) in [6.07, 6.45) is -4.59. The molecule has 25 heavy (non-hydrogen) atoms. The van der Waals surface area contributed by atoms with Gasteiger partial charge in [0.05, 0.1) is 17.7 Å². The second kappa shape index (κ2) is 8.36. The van der Waals surface area contributed by atoms with Gasteiger partial charge in [0.2, 0.25) is 5.91 Å². The average Bonchev–Trinajstić information content (AvgIpc) is 2.48. The highest BCUT2D eigenvalue weighted by molar-refractivity contribution is 5.96. The number of nitrogen functional groups attached to an aromatic ring is 1. The van der Waals surface area contributed by atoms with Gasteiger partial charge in [-0.2, -0.15) is 13.2 Å². The zero-order chi connectivity index (χ0) is 19.2. The molecule has 0 radical (unpaired) electrons. The maximum absolute atomic E-state index is 12.5. The van der Waals surface area contributed by atoms with Crippen LogP contribution in [0, 0.1) is 0 Å². The number of nitrogens with two attached hydrogens (primary N) is 1. The van der Waals surface area contributed by atoms with E-state index in [9.17, 15) is 27.6 Å². The number of benzene rings is 1. The molecular formula is C15H18F3N3O4. The number of carbonyl (C=O) groups is 3. The molecule has 4 N–H and O–H groups in total. The molecule has 2 amide bonds. The number of rotatable bonds is 6. The predicted octanol–water partition coefficient (Wildman–Crippen LogP) is 1.09. The van der Waals surface area contributed by atoms with E-state index in [0.717, 1.165) is 6.07 Å². The summed E-state index contributed by atoms with van der Waals surface area (Å²) in [5, 5.41) is 4.77. The van der Waals surface area contributed by atoms with Crippen LogP contribution in [0.5, 0.6) is 0 Å². The van der Waals surface area contributed by atoms with Crippen molar-refractivity contribution in [3.8, 4) is 0 Å². The standard InChI is InChI=1S/C15H18F3N3O4/c1-8(2)21-12(22)6-20-13(23)7-25-14(24)10-4-3-9(5-11(10)19)15(16,17)18/h3-5,8H,6-7,19H2,1-2H3,(H,20,23)(H,21,22). The highest BCUT2D eigenvalue weighted by Gasteiger charge is 2.31. The van der Waals surface area contributed by atoms with Crippen molar-refractivity contribution < 1.29 is 32.3 Å². The minimum absolute atomic E-state index is 0.0927.